The van der Waals surface area contributed by atoms with Crippen molar-refractivity contribution in [2.75, 3.05) is 17.1 Å². The molecule has 1 aromatic heterocycles. The number of thiocarbonyl (C=S) groups is 1. The van der Waals surface area contributed by atoms with Crippen LogP contribution in [-0.2, 0) is 10.0 Å². The third-order valence-electron chi connectivity index (χ3n) is 3.34. The first-order chi connectivity index (χ1) is 12.0. The standard InChI is InChI=1S/C16H15N5O2S2/c1-17-16(24)19-11-6-8-12(9-7-11)25(22,23)21-15-10-18-13-4-2-3-5-14(13)20-15/h2-10H,1H3,(H,20,21)(H2,17,19,24). The molecule has 0 saturated carbocycles. The minimum Gasteiger partial charge on any atom is -0.366 e. The molecule has 0 saturated heterocycles. The summed E-state index contributed by atoms with van der Waals surface area (Å²) in [7, 11) is -2.06. The van der Waals surface area contributed by atoms with E-state index in [2.05, 4.69) is 25.3 Å². The molecule has 2 aromatic carbocycles. The van der Waals surface area contributed by atoms with Gasteiger partial charge in [0.1, 0.15) is 0 Å². The smallest absolute Gasteiger partial charge is 0.263 e. The zero-order valence-electron chi connectivity index (χ0n) is 13.2. The van der Waals surface area contributed by atoms with E-state index < -0.39 is 10.0 Å². The van der Waals surface area contributed by atoms with Crippen molar-refractivity contribution >= 4 is 49.9 Å². The topological polar surface area (TPSA) is 96.0 Å². The maximum absolute atomic E-state index is 12.5. The average molecular weight is 373 g/mol. The molecule has 0 aliphatic heterocycles. The fraction of sp³-hybridized carbons (Fsp3) is 0.0625. The molecule has 0 unspecified atom stereocenters. The zero-order valence-corrected chi connectivity index (χ0v) is 14.9. The number of aromatic nitrogens is 2. The molecule has 0 bridgehead atoms. The number of sulfonamides is 1. The number of hydrogen-bond acceptors (Lipinski definition) is 5. The number of nitrogens with zero attached hydrogens (tertiary/aromatic N) is 2. The summed E-state index contributed by atoms with van der Waals surface area (Å²) < 4.78 is 27.4. The second-order valence-electron chi connectivity index (χ2n) is 5.08. The van der Waals surface area contributed by atoms with E-state index in [1.54, 1.807) is 25.2 Å². The van der Waals surface area contributed by atoms with Crippen molar-refractivity contribution in [2.24, 2.45) is 0 Å². The van der Waals surface area contributed by atoms with Gasteiger partial charge in [0.05, 0.1) is 22.1 Å². The lowest BCUT2D eigenvalue weighted by Gasteiger charge is -2.10. The Balaban J connectivity index is 1.81. The molecule has 0 radical (unpaired) electrons. The fourth-order valence-electron chi connectivity index (χ4n) is 2.11. The maximum atomic E-state index is 12.5. The van der Waals surface area contributed by atoms with Crippen molar-refractivity contribution in [1.82, 2.24) is 15.3 Å². The predicted octanol–water partition coefficient (Wildman–Crippen LogP) is 2.35. The van der Waals surface area contributed by atoms with Gasteiger partial charge in [0.25, 0.3) is 10.0 Å². The summed E-state index contributed by atoms with van der Waals surface area (Å²) in [5.41, 5.74) is 1.99. The molecule has 0 amide bonds. The molecule has 3 rings (SSSR count). The monoisotopic (exact) mass is 373 g/mol. The van der Waals surface area contributed by atoms with Crippen LogP contribution in [0.1, 0.15) is 0 Å². The number of para-hydroxylation sites is 2. The van der Waals surface area contributed by atoms with Gasteiger partial charge >= 0.3 is 0 Å². The Labute approximate surface area is 150 Å². The normalized spacial score (nSPS) is 11.1. The number of fused-ring (bicyclic) bond motifs is 1. The van der Waals surface area contributed by atoms with Crippen molar-refractivity contribution in [2.45, 2.75) is 4.90 Å². The lowest BCUT2D eigenvalue weighted by atomic mass is 10.3. The minimum atomic E-state index is -3.76. The van der Waals surface area contributed by atoms with Crippen LogP contribution in [0, 0.1) is 0 Å². The molecular formula is C16H15N5O2S2. The van der Waals surface area contributed by atoms with Gasteiger partial charge in [-0.25, -0.2) is 13.4 Å². The minimum absolute atomic E-state index is 0.114. The summed E-state index contributed by atoms with van der Waals surface area (Å²) in [6.45, 7) is 0. The van der Waals surface area contributed by atoms with E-state index in [0.29, 0.717) is 21.8 Å². The van der Waals surface area contributed by atoms with E-state index in [1.165, 1.54) is 18.3 Å². The fourth-order valence-corrected chi connectivity index (χ4v) is 3.22. The molecule has 0 aliphatic rings. The molecule has 0 aliphatic carbocycles. The number of benzene rings is 2. The summed E-state index contributed by atoms with van der Waals surface area (Å²) in [6, 6.07) is 13.5. The largest absolute Gasteiger partial charge is 0.366 e. The van der Waals surface area contributed by atoms with Crippen LogP contribution in [0.25, 0.3) is 11.0 Å². The summed E-state index contributed by atoms with van der Waals surface area (Å²) >= 11 is 5.00. The Morgan fingerprint density at radius 2 is 1.72 bits per heavy atom. The second-order valence-corrected chi connectivity index (χ2v) is 7.17. The van der Waals surface area contributed by atoms with E-state index in [4.69, 9.17) is 12.2 Å². The number of hydrogen-bond donors (Lipinski definition) is 3. The Bertz CT molecular complexity index is 1020. The lowest BCUT2D eigenvalue weighted by Crippen LogP contribution is -2.24. The highest BCUT2D eigenvalue weighted by atomic mass is 32.2. The molecule has 9 heteroatoms. The number of rotatable bonds is 4. The van der Waals surface area contributed by atoms with Crippen LogP contribution < -0.4 is 15.4 Å². The first-order valence-electron chi connectivity index (χ1n) is 7.31. The van der Waals surface area contributed by atoms with Gasteiger partial charge in [0.2, 0.25) is 0 Å². The molecule has 0 fully saturated rings. The van der Waals surface area contributed by atoms with Crippen LogP contribution in [0.5, 0.6) is 0 Å². The van der Waals surface area contributed by atoms with E-state index in [0.717, 1.165) is 0 Å². The highest BCUT2D eigenvalue weighted by Gasteiger charge is 2.15. The highest BCUT2D eigenvalue weighted by Crippen LogP contribution is 2.18. The Morgan fingerprint density at radius 3 is 2.40 bits per heavy atom. The van der Waals surface area contributed by atoms with Gasteiger partial charge in [0.15, 0.2) is 10.9 Å². The van der Waals surface area contributed by atoms with Crippen LogP contribution in [0.2, 0.25) is 0 Å². The van der Waals surface area contributed by atoms with Crippen LogP contribution in [-0.4, -0.2) is 30.5 Å². The molecule has 7 nitrogen and oxygen atoms in total. The van der Waals surface area contributed by atoms with Gasteiger partial charge in [-0.05, 0) is 48.6 Å². The van der Waals surface area contributed by atoms with E-state index in [1.807, 2.05) is 18.2 Å². The van der Waals surface area contributed by atoms with Crippen LogP contribution >= 0.6 is 12.2 Å². The first kappa shape index (κ1) is 17.1. The number of nitrogens with one attached hydrogen (secondary N) is 3. The van der Waals surface area contributed by atoms with Gasteiger partial charge < -0.3 is 10.6 Å². The van der Waals surface area contributed by atoms with Crippen molar-refractivity contribution < 1.29 is 8.42 Å². The third kappa shape index (κ3) is 4.01. The summed E-state index contributed by atoms with van der Waals surface area (Å²) in [5.74, 6) is 0.164. The Morgan fingerprint density at radius 1 is 1.04 bits per heavy atom. The van der Waals surface area contributed by atoms with Gasteiger partial charge in [0, 0.05) is 12.7 Å². The third-order valence-corrected chi connectivity index (χ3v) is 5.01. The van der Waals surface area contributed by atoms with Crippen LogP contribution in [0.3, 0.4) is 0 Å². The molecule has 3 N–H and O–H groups in total. The SMILES string of the molecule is CNC(=S)Nc1ccc(S(=O)(=O)Nc2cnc3ccccc3n2)cc1. The van der Waals surface area contributed by atoms with E-state index in [-0.39, 0.29) is 10.7 Å². The molecule has 25 heavy (non-hydrogen) atoms. The molecule has 1 heterocycles. The van der Waals surface area contributed by atoms with Crippen molar-refractivity contribution in [3.05, 3.63) is 54.7 Å². The van der Waals surface area contributed by atoms with Gasteiger partial charge in [-0.15, -0.1) is 0 Å². The average Bonchev–Trinajstić information content (AvgIpc) is 2.61. The van der Waals surface area contributed by atoms with Crippen LogP contribution in [0.4, 0.5) is 11.5 Å². The molecule has 3 aromatic rings. The Hall–Kier alpha value is -2.78. The van der Waals surface area contributed by atoms with Crippen LogP contribution in [0.15, 0.2) is 59.6 Å². The highest BCUT2D eigenvalue weighted by molar-refractivity contribution is 7.92. The Kier molecular flexibility index (Phi) is 4.77. The van der Waals surface area contributed by atoms with Crippen molar-refractivity contribution in [1.29, 1.82) is 0 Å². The quantitative estimate of drug-likeness (QED) is 0.604. The summed E-state index contributed by atoms with van der Waals surface area (Å²) in [4.78, 5) is 8.57. The predicted molar refractivity (Wildman–Crippen MR) is 102 cm³/mol. The molecule has 0 spiro atoms. The summed E-state index contributed by atoms with van der Waals surface area (Å²) in [5, 5.41) is 6.15. The molecular weight excluding hydrogens is 358 g/mol. The van der Waals surface area contributed by atoms with Gasteiger partial charge in [-0.3, -0.25) is 9.71 Å². The number of anilines is 2. The van der Waals surface area contributed by atoms with E-state index in [9.17, 15) is 8.42 Å². The van der Waals surface area contributed by atoms with E-state index >= 15 is 0 Å². The lowest BCUT2D eigenvalue weighted by molar-refractivity contribution is 0.601. The molecule has 128 valence electrons. The van der Waals surface area contributed by atoms with Crippen molar-refractivity contribution in [3.63, 3.8) is 0 Å². The van der Waals surface area contributed by atoms with Gasteiger partial charge in [-0.2, -0.15) is 0 Å². The molecule has 0 atom stereocenters. The first-order valence-corrected chi connectivity index (χ1v) is 9.20. The van der Waals surface area contributed by atoms with Gasteiger partial charge in [-0.1, -0.05) is 12.1 Å². The zero-order chi connectivity index (χ0) is 17.9. The second kappa shape index (κ2) is 6.99. The summed E-state index contributed by atoms with van der Waals surface area (Å²) in [6.07, 6.45) is 1.39. The van der Waals surface area contributed by atoms with Crippen molar-refractivity contribution in [3.8, 4) is 0 Å². The maximum Gasteiger partial charge on any atom is 0.263 e.